The Labute approximate surface area is 109 Å². The molecule has 0 saturated heterocycles. The Morgan fingerprint density at radius 3 is 2.56 bits per heavy atom. The molecular formula is C10H13N3O4S. The van der Waals surface area contributed by atoms with E-state index in [-0.39, 0.29) is 12.4 Å². The zero-order valence-corrected chi connectivity index (χ0v) is 10.6. The van der Waals surface area contributed by atoms with Gasteiger partial charge in [-0.15, -0.1) is 0 Å². The fourth-order valence-corrected chi connectivity index (χ4v) is 1.62. The summed E-state index contributed by atoms with van der Waals surface area (Å²) >= 11 is 4.11. The molecule has 0 saturated carbocycles. The largest absolute Gasteiger partial charge is 0.445 e. The van der Waals surface area contributed by atoms with Crippen LogP contribution in [0.25, 0.3) is 0 Å². The Kier molecular flexibility index (Phi) is 4.78. The van der Waals surface area contributed by atoms with Crippen molar-refractivity contribution in [1.82, 2.24) is 4.98 Å². The number of primary amides is 2. The Morgan fingerprint density at radius 1 is 1.39 bits per heavy atom. The Hall–Kier alpha value is -1.96. The van der Waals surface area contributed by atoms with E-state index >= 15 is 0 Å². The molecule has 0 radical (unpaired) electrons. The average Bonchev–Trinajstić information content (AvgIpc) is 2.29. The standard InChI is InChI=1S/C10H13N3O4S/c1-5-8(17-10(12)15)7(3-16-9(11)14)6(4-18)2-13-5/h2,18H,3-4H2,1H3,(H2,11,14)(H2,12,15). The van der Waals surface area contributed by atoms with Crippen LogP contribution in [-0.2, 0) is 17.1 Å². The van der Waals surface area contributed by atoms with Gasteiger partial charge in [0.15, 0.2) is 5.75 Å². The number of hydrogen-bond acceptors (Lipinski definition) is 6. The van der Waals surface area contributed by atoms with Crippen molar-refractivity contribution in [1.29, 1.82) is 0 Å². The first-order valence-corrected chi connectivity index (χ1v) is 5.56. The van der Waals surface area contributed by atoms with Gasteiger partial charge in [-0.25, -0.2) is 9.59 Å². The van der Waals surface area contributed by atoms with Crippen molar-refractivity contribution < 1.29 is 19.1 Å². The van der Waals surface area contributed by atoms with Crippen molar-refractivity contribution in [2.75, 3.05) is 0 Å². The number of amides is 2. The molecule has 0 spiro atoms. The molecule has 2 amide bonds. The average molecular weight is 271 g/mol. The molecule has 1 heterocycles. The zero-order valence-electron chi connectivity index (χ0n) is 9.67. The number of nitrogens with zero attached hydrogens (tertiary/aromatic N) is 1. The predicted octanol–water partition coefficient (Wildman–Crippen LogP) is 0.873. The van der Waals surface area contributed by atoms with E-state index in [0.717, 1.165) is 0 Å². The van der Waals surface area contributed by atoms with E-state index in [2.05, 4.69) is 17.6 Å². The maximum absolute atomic E-state index is 10.8. The minimum atomic E-state index is -0.975. The number of aromatic nitrogens is 1. The predicted molar refractivity (Wildman–Crippen MR) is 66.2 cm³/mol. The van der Waals surface area contributed by atoms with Gasteiger partial charge >= 0.3 is 12.2 Å². The van der Waals surface area contributed by atoms with Crippen molar-refractivity contribution in [3.63, 3.8) is 0 Å². The van der Waals surface area contributed by atoms with Crippen LogP contribution in [0.1, 0.15) is 16.8 Å². The van der Waals surface area contributed by atoms with E-state index < -0.39 is 12.2 Å². The number of carbonyl (C=O) groups excluding carboxylic acids is 2. The number of ether oxygens (including phenoxy) is 2. The molecule has 1 rings (SSSR count). The molecule has 0 aliphatic carbocycles. The maximum Gasteiger partial charge on any atom is 0.410 e. The Balaban J connectivity index is 3.17. The van der Waals surface area contributed by atoms with Crippen molar-refractivity contribution in [3.05, 3.63) is 23.0 Å². The highest BCUT2D eigenvalue weighted by Gasteiger charge is 2.16. The summed E-state index contributed by atoms with van der Waals surface area (Å²) in [6.45, 7) is 1.49. The van der Waals surface area contributed by atoms with Gasteiger partial charge in [-0.1, -0.05) is 0 Å². The second-order valence-corrected chi connectivity index (χ2v) is 3.68. The van der Waals surface area contributed by atoms with Gasteiger partial charge in [0, 0.05) is 17.5 Å². The first-order chi connectivity index (χ1) is 8.45. The molecule has 0 aromatic carbocycles. The monoisotopic (exact) mass is 271 g/mol. The number of rotatable bonds is 4. The summed E-state index contributed by atoms with van der Waals surface area (Å²) in [5.74, 6) is 0.496. The van der Waals surface area contributed by atoms with Gasteiger partial charge in [0.1, 0.15) is 6.61 Å². The van der Waals surface area contributed by atoms with Crippen molar-refractivity contribution in [3.8, 4) is 5.75 Å². The maximum atomic E-state index is 10.8. The van der Waals surface area contributed by atoms with Crippen LogP contribution in [0.5, 0.6) is 5.75 Å². The number of carbonyl (C=O) groups is 2. The van der Waals surface area contributed by atoms with Crippen molar-refractivity contribution >= 4 is 24.8 Å². The van der Waals surface area contributed by atoms with Gasteiger partial charge in [0.25, 0.3) is 0 Å². The third-order valence-electron chi connectivity index (χ3n) is 2.14. The SMILES string of the molecule is Cc1ncc(CS)c(COC(N)=O)c1OC(N)=O. The molecule has 18 heavy (non-hydrogen) atoms. The quantitative estimate of drug-likeness (QED) is 0.702. The van der Waals surface area contributed by atoms with Gasteiger partial charge < -0.3 is 20.9 Å². The molecule has 0 bridgehead atoms. The number of aryl methyl sites for hydroxylation is 1. The van der Waals surface area contributed by atoms with Gasteiger partial charge in [0.2, 0.25) is 0 Å². The lowest BCUT2D eigenvalue weighted by Crippen LogP contribution is -2.20. The van der Waals surface area contributed by atoms with E-state index in [1.54, 1.807) is 13.1 Å². The van der Waals surface area contributed by atoms with Crippen LogP contribution in [0.3, 0.4) is 0 Å². The van der Waals surface area contributed by atoms with Crippen molar-refractivity contribution in [2.45, 2.75) is 19.3 Å². The molecule has 0 fully saturated rings. The molecule has 0 unspecified atom stereocenters. The number of thiol groups is 1. The summed E-state index contributed by atoms with van der Waals surface area (Å²) in [7, 11) is 0. The van der Waals surface area contributed by atoms with Crippen LogP contribution in [0.4, 0.5) is 9.59 Å². The number of nitrogens with two attached hydrogens (primary N) is 2. The molecule has 8 heteroatoms. The van der Waals surface area contributed by atoms with Gasteiger partial charge in [-0.3, -0.25) is 4.98 Å². The van der Waals surface area contributed by atoms with Crippen LogP contribution < -0.4 is 16.2 Å². The Morgan fingerprint density at radius 2 is 2.06 bits per heavy atom. The fraction of sp³-hybridized carbons (Fsp3) is 0.300. The topological polar surface area (TPSA) is 118 Å². The lowest BCUT2D eigenvalue weighted by atomic mass is 10.1. The molecule has 98 valence electrons. The summed E-state index contributed by atoms with van der Waals surface area (Å²) in [6.07, 6.45) is -0.355. The van der Waals surface area contributed by atoms with Crippen LogP contribution in [-0.4, -0.2) is 17.2 Å². The second kappa shape index (κ2) is 6.10. The highest BCUT2D eigenvalue weighted by Crippen LogP contribution is 2.27. The van der Waals surface area contributed by atoms with E-state index in [1.165, 1.54) is 0 Å². The van der Waals surface area contributed by atoms with E-state index in [0.29, 0.717) is 22.6 Å². The molecular weight excluding hydrogens is 258 g/mol. The molecule has 1 aromatic rings. The third kappa shape index (κ3) is 3.52. The molecule has 7 nitrogen and oxygen atoms in total. The summed E-state index contributed by atoms with van der Waals surface area (Å²) in [6, 6.07) is 0. The summed E-state index contributed by atoms with van der Waals surface area (Å²) < 4.78 is 9.55. The highest BCUT2D eigenvalue weighted by atomic mass is 32.1. The van der Waals surface area contributed by atoms with Gasteiger partial charge in [-0.05, 0) is 12.5 Å². The molecule has 4 N–H and O–H groups in total. The zero-order chi connectivity index (χ0) is 13.7. The Bertz CT molecular complexity index is 478. The lowest BCUT2D eigenvalue weighted by Gasteiger charge is -2.14. The first kappa shape index (κ1) is 14.1. The van der Waals surface area contributed by atoms with Crippen LogP contribution in [0.2, 0.25) is 0 Å². The molecule has 0 aliphatic rings. The molecule has 1 aromatic heterocycles. The number of pyridine rings is 1. The van der Waals surface area contributed by atoms with Gasteiger partial charge in [-0.2, -0.15) is 12.6 Å². The minimum absolute atomic E-state index is 0.142. The third-order valence-corrected chi connectivity index (χ3v) is 2.48. The molecule has 0 aliphatic heterocycles. The summed E-state index contributed by atoms with van der Waals surface area (Å²) in [5, 5.41) is 0. The second-order valence-electron chi connectivity index (χ2n) is 3.36. The lowest BCUT2D eigenvalue weighted by molar-refractivity contribution is 0.148. The normalized spacial score (nSPS) is 9.89. The first-order valence-electron chi connectivity index (χ1n) is 4.93. The van der Waals surface area contributed by atoms with E-state index in [9.17, 15) is 9.59 Å². The van der Waals surface area contributed by atoms with E-state index in [1.807, 2.05) is 0 Å². The van der Waals surface area contributed by atoms with Crippen LogP contribution >= 0.6 is 12.6 Å². The fourth-order valence-electron chi connectivity index (χ4n) is 1.35. The van der Waals surface area contributed by atoms with Gasteiger partial charge in [0.05, 0.1) is 5.69 Å². The smallest absolute Gasteiger partial charge is 0.410 e. The highest BCUT2D eigenvalue weighted by molar-refractivity contribution is 7.79. The minimum Gasteiger partial charge on any atom is -0.445 e. The van der Waals surface area contributed by atoms with E-state index in [4.69, 9.17) is 20.9 Å². The summed E-state index contributed by atoms with van der Waals surface area (Å²) in [4.78, 5) is 25.5. The molecule has 0 atom stereocenters. The van der Waals surface area contributed by atoms with Crippen LogP contribution in [0.15, 0.2) is 6.20 Å². The summed E-state index contributed by atoms with van der Waals surface area (Å²) in [5.41, 5.74) is 11.4. The van der Waals surface area contributed by atoms with Crippen molar-refractivity contribution in [2.24, 2.45) is 11.5 Å². The number of hydrogen-bond donors (Lipinski definition) is 3. The van der Waals surface area contributed by atoms with Crippen LogP contribution in [0, 0.1) is 6.92 Å².